The van der Waals surface area contributed by atoms with Gasteiger partial charge in [0.1, 0.15) is 0 Å². The summed E-state index contributed by atoms with van der Waals surface area (Å²) in [5, 5.41) is 12.6. The molecule has 0 bridgehead atoms. The summed E-state index contributed by atoms with van der Waals surface area (Å²) < 4.78 is 0. The summed E-state index contributed by atoms with van der Waals surface area (Å²) in [7, 11) is 0. The lowest BCUT2D eigenvalue weighted by atomic mass is 9.95. The lowest BCUT2D eigenvalue weighted by molar-refractivity contribution is 0.220. The van der Waals surface area contributed by atoms with Gasteiger partial charge >= 0.3 is 0 Å². The fourth-order valence-corrected chi connectivity index (χ4v) is 3.25. The highest BCUT2D eigenvalue weighted by molar-refractivity contribution is 5.06. The first-order chi connectivity index (χ1) is 8.10. The molecule has 0 amide bonds. The highest BCUT2D eigenvalue weighted by Crippen LogP contribution is 2.37. The molecule has 0 aromatic rings. The predicted molar refractivity (Wildman–Crippen MR) is 69.9 cm³/mol. The molecule has 0 aromatic carbocycles. The van der Waals surface area contributed by atoms with E-state index in [4.69, 9.17) is 10.8 Å². The molecule has 0 radical (unpaired) electrons. The number of nitrogens with zero attached hydrogens (tertiary/aromatic N) is 1. The maximum absolute atomic E-state index is 8.99. The van der Waals surface area contributed by atoms with Crippen LogP contribution in [0.15, 0.2) is 0 Å². The minimum Gasteiger partial charge on any atom is -0.396 e. The van der Waals surface area contributed by atoms with Crippen LogP contribution in [0.5, 0.6) is 0 Å². The zero-order valence-electron chi connectivity index (χ0n) is 11.2. The molecule has 4 nitrogen and oxygen atoms in total. The fraction of sp³-hybridized carbons (Fsp3) is 1.00. The molecule has 3 atom stereocenters. The van der Waals surface area contributed by atoms with Gasteiger partial charge in [-0.1, -0.05) is 0 Å². The van der Waals surface area contributed by atoms with Crippen LogP contribution in [-0.4, -0.2) is 53.4 Å². The first-order valence-electron chi connectivity index (χ1n) is 6.94. The van der Waals surface area contributed by atoms with E-state index in [0.717, 1.165) is 25.4 Å². The Morgan fingerprint density at radius 1 is 1.53 bits per heavy atom. The molecule has 3 unspecified atom stereocenters. The Balaban J connectivity index is 1.95. The molecule has 1 saturated heterocycles. The van der Waals surface area contributed by atoms with Crippen molar-refractivity contribution in [3.63, 3.8) is 0 Å². The van der Waals surface area contributed by atoms with Crippen LogP contribution < -0.4 is 11.1 Å². The summed E-state index contributed by atoms with van der Waals surface area (Å²) in [6, 6.07) is 1.79. The van der Waals surface area contributed by atoms with E-state index in [9.17, 15) is 0 Å². The quantitative estimate of drug-likeness (QED) is 0.626. The SMILES string of the molecule is CC(CCO)NC1(CN)CC(C)N(C2CC2)C1. The third kappa shape index (κ3) is 2.99. The van der Waals surface area contributed by atoms with Crippen LogP contribution in [0.3, 0.4) is 0 Å². The molecular weight excluding hydrogens is 214 g/mol. The summed E-state index contributed by atoms with van der Waals surface area (Å²) in [4.78, 5) is 2.62. The Morgan fingerprint density at radius 2 is 2.24 bits per heavy atom. The van der Waals surface area contributed by atoms with E-state index in [1.165, 1.54) is 12.8 Å². The van der Waals surface area contributed by atoms with Crippen molar-refractivity contribution < 1.29 is 5.11 Å². The fourth-order valence-electron chi connectivity index (χ4n) is 3.25. The molecule has 0 aromatic heterocycles. The molecule has 1 saturated carbocycles. The summed E-state index contributed by atoms with van der Waals surface area (Å²) in [5.74, 6) is 0. The monoisotopic (exact) mass is 241 g/mol. The zero-order valence-corrected chi connectivity index (χ0v) is 11.2. The van der Waals surface area contributed by atoms with E-state index in [2.05, 4.69) is 24.1 Å². The number of aliphatic hydroxyl groups excluding tert-OH is 1. The summed E-state index contributed by atoms with van der Waals surface area (Å²) in [5.41, 5.74) is 6.07. The van der Waals surface area contributed by atoms with Crippen LogP contribution in [0, 0.1) is 0 Å². The van der Waals surface area contributed by atoms with Crippen LogP contribution in [0.4, 0.5) is 0 Å². The molecule has 17 heavy (non-hydrogen) atoms. The second-order valence-electron chi connectivity index (χ2n) is 6.00. The molecular formula is C13H27N3O. The topological polar surface area (TPSA) is 61.5 Å². The normalized spacial score (nSPS) is 36.4. The van der Waals surface area contributed by atoms with E-state index < -0.39 is 0 Å². The second kappa shape index (κ2) is 5.22. The van der Waals surface area contributed by atoms with Crippen LogP contribution in [0.1, 0.15) is 39.5 Å². The van der Waals surface area contributed by atoms with Crippen molar-refractivity contribution in [3.05, 3.63) is 0 Å². The number of rotatable bonds is 6. The maximum atomic E-state index is 8.99. The largest absolute Gasteiger partial charge is 0.396 e. The van der Waals surface area contributed by atoms with Gasteiger partial charge < -0.3 is 16.2 Å². The summed E-state index contributed by atoms with van der Waals surface area (Å²) in [6.45, 7) is 6.46. The van der Waals surface area contributed by atoms with Crippen molar-refractivity contribution in [2.45, 2.75) is 63.2 Å². The van der Waals surface area contributed by atoms with Gasteiger partial charge in [0.05, 0.1) is 0 Å². The Morgan fingerprint density at radius 3 is 2.76 bits per heavy atom. The molecule has 2 rings (SSSR count). The van der Waals surface area contributed by atoms with Crippen LogP contribution in [0.2, 0.25) is 0 Å². The van der Waals surface area contributed by atoms with Gasteiger partial charge in [0, 0.05) is 43.4 Å². The molecule has 1 heterocycles. The average molecular weight is 241 g/mol. The maximum Gasteiger partial charge on any atom is 0.0449 e. The molecule has 2 aliphatic rings. The van der Waals surface area contributed by atoms with Gasteiger partial charge in [0.2, 0.25) is 0 Å². The molecule has 0 spiro atoms. The van der Waals surface area contributed by atoms with Crippen molar-refractivity contribution in [1.82, 2.24) is 10.2 Å². The molecule has 2 fully saturated rings. The molecule has 4 heteroatoms. The number of nitrogens with two attached hydrogens (primary N) is 1. The highest BCUT2D eigenvalue weighted by atomic mass is 16.3. The summed E-state index contributed by atoms with van der Waals surface area (Å²) in [6.07, 6.45) is 4.66. The van der Waals surface area contributed by atoms with Crippen LogP contribution in [-0.2, 0) is 0 Å². The first-order valence-corrected chi connectivity index (χ1v) is 6.94. The van der Waals surface area contributed by atoms with E-state index in [1.54, 1.807) is 0 Å². The molecule has 4 N–H and O–H groups in total. The standard InChI is InChI=1S/C13H27N3O/c1-10(5-6-17)15-13(8-14)7-11(2)16(9-13)12-3-4-12/h10-12,15,17H,3-9,14H2,1-2H3. The lowest BCUT2D eigenvalue weighted by Gasteiger charge is -2.32. The van der Waals surface area contributed by atoms with Crippen molar-refractivity contribution in [1.29, 1.82) is 0 Å². The van der Waals surface area contributed by atoms with E-state index in [-0.39, 0.29) is 12.1 Å². The Kier molecular flexibility index (Phi) is 4.08. The third-order valence-electron chi connectivity index (χ3n) is 4.26. The first kappa shape index (κ1) is 13.3. The van der Waals surface area contributed by atoms with Gasteiger partial charge in [-0.15, -0.1) is 0 Å². The number of hydrogen-bond acceptors (Lipinski definition) is 4. The van der Waals surface area contributed by atoms with Gasteiger partial charge in [-0.25, -0.2) is 0 Å². The third-order valence-corrected chi connectivity index (χ3v) is 4.26. The van der Waals surface area contributed by atoms with Gasteiger partial charge in [-0.05, 0) is 39.5 Å². The smallest absolute Gasteiger partial charge is 0.0449 e. The lowest BCUT2D eigenvalue weighted by Crippen LogP contribution is -2.56. The second-order valence-corrected chi connectivity index (χ2v) is 6.00. The Hall–Kier alpha value is -0.160. The van der Waals surface area contributed by atoms with Crippen LogP contribution in [0.25, 0.3) is 0 Å². The number of likely N-dealkylation sites (tertiary alicyclic amines) is 1. The van der Waals surface area contributed by atoms with Gasteiger partial charge in [-0.3, -0.25) is 4.90 Å². The van der Waals surface area contributed by atoms with Gasteiger partial charge in [-0.2, -0.15) is 0 Å². The van der Waals surface area contributed by atoms with Crippen molar-refractivity contribution in [2.75, 3.05) is 19.7 Å². The van der Waals surface area contributed by atoms with E-state index in [0.29, 0.717) is 18.6 Å². The van der Waals surface area contributed by atoms with Gasteiger partial charge in [0.15, 0.2) is 0 Å². The zero-order chi connectivity index (χ0) is 12.5. The molecule has 1 aliphatic heterocycles. The number of aliphatic hydroxyl groups is 1. The van der Waals surface area contributed by atoms with Gasteiger partial charge in [0.25, 0.3) is 0 Å². The minimum absolute atomic E-state index is 0.0661. The van der Waals surface area contributed by atoms with Crippen molar-refractivity contribution >= 4 is 0 Å². The van der Waals surface area contributed by atoms with Crippen LogP contribution >= 0.6 is 0 Å². The van der Waals surface area contributed by atoms with Crippen molar-refractivity contribution in [3.8, 4) is 0 Å². The molecule has 100 valence electrons. The number of hydrogen-bond donors (Lipinski definition) is 3. The number of nitrogens with one attached hydrogen (secondary N) is 1. The Labute approximate surface area is 105 Å². The van der Waals surface area contributed by atoms with Crippen molar-refractivity contribution in [2.24, 2.45) is 5.73 Å². The van der Waals surface area contributed by atoms with E-state index >= 15 is 0 Å². The summed E-state index contributed by atoms with van der Waals surface area (Å²) >= 11 is 0. The van der Waals surface area contributed by atoms with E-state index in [1.807, 2.05) is 0 Å². The highest BCUT2D eigenvalue weighted by Gasteiger charge is 2.46. The average Bonchev–Trinajstić information content (AvgIpc) is 3.05. The predicted octanol–water partition coefficient (Wildman–Crippen LogP) is 0.301. The molecule has 1 aliphatic carbocycles. The minimum atomic E-state index is 0.0661. The Bertz CT molecular complexity index is 257.